The van der Waals surface area contributed by atoms with Crippen LogP contribution in [-0.4, -0.2) is 26.2 Å². The summed E-state index contributed by atoms with van der Waals surface area (Å²) in [5.41, 5.74) is 5.03. The summed E-state index contributed by atoms with van der Waals surface area (Å²) in [6.07, 6.45) is 3.26. The number of methoxy groups -OCH3 is 2. The van der Waals surface area contributed by atoms with Crippen LogP contribution in [0.3, 0.4) is 0 Å². The largest absolute Gasteiger partial charge is 0.465 e. The predicted octanol–water partition coefficient (Wildman–Crippen LogP) is 7.24. The quantitative estimate of drug-likeness (QED) is 0.250. The van der Waals surface area contributed by atoms with Crippen molar-refractivity contribution in [1.29, 1.82) is 0 Å². The minimum absolute atomic E-state index is 0.394. The maximum Gasteiger partial charge on any atom is 0.338 e. The van der Waals surface area contributed by atoms with Crippen LogP contribution >= 0.6 is 0 Å². The predicted molar refractivity (Wildman–Crippen MR) is 137 cm³/mol. The molecule has 0 unspecified atom stereocenters. The lowest BCUT2D eigenvalue weighted by Gasteiger charge is -2.13. The minimum Gasteiger partial charge on any atom is -0.465 e. The van der Waals surface area contributed by atoms with E-state index in [2.05, 4.69) is 0 Å². The molecule has 0 spiro atoms. The molecular weight excluding hydrogens is 456 g/mol. The van der Waals surface area contributed by atoms with Crippen molar-refractivity contribution in [3.8, 4) is 22.3 Å². The fourth-order valence-corrected chi connectivity index (χ4v) is 4.73. The molecule has 6 rings (SSSR count). The van der Waals surface area contributed by atoms with Gasteiger partial charge in [-0.1, -0.05) is 36.4 Å². The average Bonchev–Trinajstić information content (AvgIpc) is 3.55. The van der Waals surface area contributed by atoms with E-state index >= 15 is 0 Å². The number of fused-ring (bicyclic) bond motifs is 3. The Kier molecular flexibility index (Phi) is 5.08. The fourth-order valence-electron chi connectivity index (χ4n) is 4.73. The number of furan rings is 2. The van der Waals surface area contributed by atoms with E-state index in [9.17, 15) is 9.59 Å². The van der Waals surface area contributed by atoms with E-state index in [0.29, 0.717) is 33.4 Å². The number of carbonyl (C=O) groups is 2. The van der Waals surface area contributed by atoms with Crippen molar-refractivity contribution in [3.63, 3.8) is 0 Å². The normalized spacial score (nSPS) is 11.3. The SMILES string of the molecule is COC(=O)c1cc2cc(-c3coc4ccccc34)c(C(=O)OC)cc2cc1-c1coc2ccccc12. The van der Waals surface area contributed by atoms with Gasteiger partial charge in [0.2, 0.25) is 0 Å². The Morgan fingerprint density at radius 2 is 1.00 bits per heavy atom. The first kappa shape index (κ1) is 21.7. The van der Waals surface area contributed by atoms with Gasteiger partial charge in [0.15, 0.2) is 0 Å². The fraction of sp³-hybridized carbons (Fsp3) is 0.0667. The molecule has 4 aromatic carbocycles. The van der Waals surface area contributed by atoms with Crippen LogP contribution in [0.1, 0.15) is 20.7 Å². The standard InChI is InChI=1S/C30H20O6/c1-33-29(31)23-13-17-12-22(26-16-36-28-10-6-4-8-20(26)28)24(30(32)34-2)14-18(17)11-21(23)25-15-35-27-9-5-3-7-19(25)27/h3-16H,1-2H3. The summed E-state index contributed by atoms with van der Waals surface area (Å²) in [7, 11) is 2.71. The summed E-state index contributed by atoms with van der Waals surface area (Å²) in [6, 6.07) is 22.5. The molecule has 6 nitrogen and oxygen atoms in total. The Balaban J connectivity index is 1.66. The number of carbonyl (C=O) groups excluding carboxylic acids is 2. The molecule has 0 bridgehead atoms. The second kappa shape index (κ2) is 8.43. The molecule has 36 heavy (non-hydrogen) atoms. The van der Waals surface area contributed by atoms with Crippen molar-refractivity contribution in [2.45, 2.75) is 0 Å². The zero-order valence-corrected chi connectivity index (χ0v) is 19.5. The van der Waals surface area contributed by atoms with Gasteiger partial charge in [0, 0.05) is 33.0 Å². The Hall–Kier alpha value is -4.84. The first-order chi connectivity index (χ1) is 17.6. The molecule has 0 saturated carbocycles. The molecule has 0 radical (unpaired) electrons. The Morgan fingerprint density at radius 3 is 1.42 bits per heavy atom. The molecule has 0 atom stereocenters. The monoisotopic (exact) mass is 476 g/mol. The number of esters is 2. The van der Waals surface area contributed by atoms with Crippen LogP contribution in [0.2, 0.25) is 0 Å². The summed E-state index contributed by atoms with van der Waals surface area (Å²) in [5, 5.41) is 3.27. The Bertz CT molecular complexity index is 1670. The third-order valence-corrected chi connectivity index (χ3v) is 6.47. The topological polar surface area (TPSA) is 78.9 Å². The first-order valence-corrected chi connectivity index (χ1v) is 11.3. The molecule has 0 aliphatic rings. The minimum atomic E-state index is -0.468. The van der Waals surface area contributed by atoms with Gasteiger partial charge in [-0.3, -0.25) is 0 Å². The van der Waals surface area contributed by atoms with Crippen molar-refractivity contribution >= 4 is 44.6 Å². The van der Waals surface area contributed by atoms with Gasteiger partial charge in [0.05, 0.1) is 37.9 Å². The summed E-state index contributed by atoms with van der Waals surface area (Å²) in [4.78, 5) is 25.8. The van der Waals surface area contributed by atoms with E-state index in [4.69, 9.17) is 18.3 Å². The number of rotatable bonds is 4. The van der Waals surface area contributed by atoms with Gasteiger partial charge in [-0.25, -0.2) is 9.59 Å². The van der Waals surface area contributed by atoms with Gasteiger partial charge in [-0.2, -0.15) is 0 Å². The molecule has 6 heteroatoms. The molecule has 0 saturated heterocycles. The molecule has 2 heterocycles. The van der Waals surface area contributed by atoms with Crippen molar-refractivity contribution in [1.82, 2.24) is 0 Å². The summed E-state index contributed by atoms with van der Waals surface area (Å²) in [6.45, 7) is 0. The molecule has 0 N–H and O–H groups in total. The molecular formula is C30H20O6. The van der Waals surface area contributed by atoms with Crippen LogP contribution < -0.4 is 0 Å². The van der Waals surface area contributed by atoms with E-state index < -0.39 is 11.9 Å². The van der Waals surface area contributed by atoms with E-state index in [1.165, 1.54) is 14.2 Å². The maximum atomic E-state index is 12.9. The van der Waals surface area contributed by atoms with Crippen molar-refractivity contribution in [2.24, 2.45) is 0 Å². The van der Waals surface area contributed by atoms with E-state index in [1.807, 2.05) is 60.7 Å². The molecule has 0 aliphatic carbocycles. The van der Waals surface area contributed by atoms with Crippen molar-refractivity contribution < 1.29 is 27.9 Å². The summed E-state index contributed by atoms with van der Waals surface area (Å²) in [5.74, 6) is -0.936. The zero-order valence-electron chi connectivity index (χ0n) is 19.5. The highest BCUT2D eigenvalue weighted by atomic mass is 16.5. The van der Waals surface area contributed by atoms with Gasteiger partial charge in [-0.15, -0.1) is 0 Å². The van der Waals surface area contributed by atoms with Crippen LogP contribution in [0.4, 0.5) is 0 Å². The number of hydrogen-bond acceptors (Lipinski definition) is 6. The van der Waals surface area contributed by atoms with Gasteiger partial charge in [0.25, 0.3) is 0 Å². The maximum absolute atomic E-state index is 12.9. The average molecular weight is 476 g/mol. The first-order valence-electron chi connectivity index (χ1n) is 11.3. The Morgan fingerprint density at radius 1 is 0.583 bits per heavy atom. The van der Waals surface area contributed by atoms with E-state index in [-0.39, 0.29) is 0 Å². The lowest BCUT2D eigenvalue weighted by Crippen LogP contribution is -2.06. The number of para-hydroxylation sites is 2. The third kappa shape index (κ3) is 3.34. The second-order valence-corrected chi connectivity index (χ2v) is 8.42. The molecule has 0 fully saturated rings. The Labute approximate surface area is 205 Å². The second-order valence-electron chi connectivity index (χ2n) is 8.42. The van der Waals surface area contributed by atoms with Crippen molar-refractivity contribution in [2.75, 3.05) is 14.2 Å². The lowest BCUT2D eigenvalue weighted by molar-refractivity contribution is 0.0592. The third-order valence-electron chi connectivity index (χ3n) is 6.47. The molecule has 2 aromatic heterocycles. The number of benzene rings is 4. The summed E-state index contributed by atoms with van der Waals surface area (Å²) < 4.78 is 21.7. The van der Waals surface area contributed by atoms with E-state index in [1.54, 1.807) is 24.7 Å². The van der Waals surface area contributed by atoms with E-state index in [0.717, 1.165) is 32.7 Å². The highest BCUT2D eigenvalue weighted by Crippen LogP contribution is 2.39. The highest BCUT2D eigenvalue weighted by Gasteiger charge is 2.22. The van der Waals surface area contributed by atoms with Crippen LogP contribution in [0.25, 0.3) is 55.0 Å². The smallest absolute Gasteiger partial charge is 0.338 e. The van der Waals surface area contributed by atoms with Crippen molar-refractivity contribution in [3.05, 3.63) is 96.4 Å². The van der Waals surface area contributed by atoms with Gasteiger partial charge in [0.1, 0.15) is 11.2 Å². The molecule has 0 aliphatic heterocycles. The molecule has 6 aromatic rings. The number of hydrogen-bond donors (Lipinski definition) is 0. The molecule has 176 valence electrons. The van der Waals surface area contributed by atoms with Crippen LogP contribution in [0, 0.1) is 0 Å². The molecule has 0 amide bonds. The highest BCUT2D eigenvalue weighted by molar-refractivity contribution is 6.11. The van der Waals surface area contributed by atoms with Crippen LogP contribution in [-0.2, 0) is 9.47 Å². The number of ether oxygens (including phenoxy) is 2. The van der Waals surface area contributed by atoms with Gasteiger partial charge < -0.3 is 18.3 Å². The zero-order chi connectivity index (χ0) is 24.8. The van der Waals surface area contributed by atoms with Gasteiger partial charge in [-0.05, 0) is 47.2 Å². The van der Waals surface area contributed by atoms with Crippen LogP contribution in [0.15, 0.2) is 94.2 Å². The van der Waals surface area contributed by atoms with Crippen LogP contribution in [0.5, 0.6) is 0 Å². The van der Waals surface area contributed by atoms with Gasteiger partial charge >= 0.3 is 11.9 Å². The lowest BCUT2D eigenvalue weighted by atomic mass is 9.91. The summed E-state index contributed by atoms with van der Waals surface area (Å²) >= 11 is 0.